The van der Waals surface area contributed by atoms with Gasteiger partial charge in [0.15, 0.2) is 0 Å². The van der Waals surface area contributed by atoms with E-state index < -0.39 is 46.1 Å². The average Bonchev–Trinajstić information content (AvgIpc) is 3.27. The van der Waals surface area contributed by atoms with Gasteiger partial charge >= 0.3 is 12.4 Å². The number of rotatable bonds is 12. The van der Waals surface area contributed by atoms with Gasteiger partial charge in [-0.2, -0.15) is 26.3 Å². The molecule has 2 aliphatic rings. The van der Waals surface area contributed by atoms with Gasteiger partial charge in [0.25, 0.3) is 0 Å². The molecule has 4 aromatic rings. The Kier molecular flexibility index (Phi) is 17.5. The predicted molar refractivity (Wildman–Crippen MR) is 235 cm³/mol. The zero-order chi connectivity index (χ0) is 47.0. The normalized spacial score (nSPS) is 19.2. The van der Waals surface area contributed by atoms with E-state index in [-0.39, 0.29) is 56.4 Å². The summed E-state index contributed by atoms with van der Waals surface area (Å²) in [7, 11) is 3.50. The Bertz CT molecular complexity index is 2050. The highest BCUT2D eigenvalue weighted by Crippen LogP contribution is 2.38. The van der Waals surface area contributed by atoms with Gasteiger partial charge in [-0.25, -0.2) is 9.97 Å². The Morgan fingerprint density at radius 2 is 0.954 bits per heavy atom. The number of nitrogens with zero attached hydrogens (tertiary/aromatic N) is 6. The first-order chi connectivity index (χ1) is 30.0. The van der Waals surface area contributed by atoms with Crippen molar-refractivity contribution < 1.29 is 45.4 Å². The highest BCUT2D eigenvalue weighted by Gasteiger charge is 2.42. The number of carbonyl (C=O) groups excluding carboxylic acids is 2. The quantitative estimate of drug-likeness (QED) is 0.134. The second-order valence-corrected chi connectivity index (χ2v) is 17.6. The molecule has 2 amide bonds. The fourth-order valence-electron chi connectivity index (χ4n) is 8.35. The smallest absolute Gasteiger partial charge is 0.421 e. The van der Waals surface area contributed by atoms with Crippen LogP contribution in [0, 0.1) is 24.7 Å². The zero-order valence-corrected chi connectivity index (χ0v) is 37.5. The molecule has 0 aromatic carbocycles. The van der Waals surface area contributed by atoms with E-state index in [0.717, 1.165) is 60.6 Å². The molecule has 0 spiro atoms. The number of nitrogens with one attached hydrogen (secondary N) is 2. The second-order valence-electron chi connectivity index (χ2n) is 17.6. The molecule has 356 valence electrons. The van der Waals surface area contributed by atoms with Crippen LogP contribution in [0.15, 0.2) is 73.3 Å². The van der Waals surface area contributed by atoms with Crippen LogP contribution in [0.2, 0.25) is 0 Å². The van der Waals surface area contributed by atoms with E-state index in [4.69, 9.17) is 9.47 Å². The largest absolute Gasteiger partial charge is 0.476 e. The molecule has 2 fully saturated rings. The lowest BCUT2D eigenvalue weighted by atomic mass is 9.83. The topological polar surface area (TPSA) is 135 Å². The van der Waals surface area contributed by atoms with Gasteiger partial charge in [0, 0.05) is 87.3 Å². The standard InChI is InChI=1S/2C23H29F3N4O2.CH4/c2*1-15-16(7-5-10-28-15)17-13-27-12-9-19(17)30(4)21(31)22(2,3)14-32-20-18(23(24,25)26)8-6-11-29-20;/h2*5-8,10-11,17,19,27H,9,12-14H2,1-4H3;1H4/t2*17-,19+;/m10./s1. The van der Waals surface area contributed by atoms with E-state index in [1.165, 1.54) is 24.5 Å². The van der Waals surface area contributed by atoms with Crippen LogP contribution in [0.3, 0.4) is 0 Å². The highest BCUT2D eigenvalue weighted by molar-refractivity contribution is 5.83. The number of hydrogen-bond donors (Lipinski definition) is 2. The van der Waals surface area contributed by atoms with Gasteiger partial charge in [-0.05, 0) is 115 Å². The van der Waals surface area contributed by atoms with Gasteiger partial charge in [-0.15, -0.1) is 0 Å². The first kappa shape index (κ1) is 52.3. The Hall–Kier alpha value is -5.36. The van der Waals surface area contributed by atoms with Crippen molar-refractivity contribution in [3.05, 3.63) is 107 Å². The van der Waals surface area contributed by atoms with Crippen LogP contribution < -0.4 is 20.1 Å². The first-order valence-electron chi connectivity index (χ1n) is 21.1. The summed E-state index contributed by atoms with van der Waals surface area (Å²) in [6.45, 7) is 13.1. The Labute approximate surface area is 377 Å². The lowest BCUT2D eigenvalue weighted by Gasteiger charge is -2.41. The third-order valence-electron chi connectivity index (χ3n) is 11.9. The van der Waals surface area contributed by atoms with E-state index in [1.807, 2.05) is 38.1 Å². The summed E-state index contributed by atoms with van der Waals surface area (Å²) in [4.78, 5) is 46.4. The van der Waals surface area contributed by atoms with E-state index in [2.05, 4.69) is 30.6 Å². The minimum absolute atomic E-state index is 0. The number of alkyl halides is 6. The molecule has 0 aliphatic carbocycles. The van der Waals surface area contributed by atoms with Gasteiger partial charge in [-0.3, -0.25) is 19.6 Å². The number of piperidine rings is 2. The fourth-order valence-corrected chi connectivity index (χ4v) is 8.35. The summed E-state index contributed by atoms with van der Waals surface area (Å²) in [5, 5.41) is 6.77. The van der Waals surface area contributed by atoms with E-state index in [9.17, 15) is 35.9 Å². The first-order valence-corrected chi connectivity index (χ1v) is 21.1. The van der Waals surface area contributed by atoms with Crippen molar-refractivity contribution >= 4 is 11.8 Å². The third kappa shape index (κ3) is 12.9. The van der Waals surface area contributed by atoms with Crippen LogP contribution in [0.4, 0.5) is 26.3 Å². The van der Waals surface area contributed by atoms with Crippen LogP contribution in [0.5, 0.6) is 11.8 Å². The maximum Gasteiger partial charge on any atom is 0.421 e. The number of ether oxygens (including phenoxy) is 2. The second kappa shape index (κ2) is 21.8. The van der Waals surface area contributed by atoms with Crippen molar-refractivity contribution in [2.45, 2.75) is 98.1 Å². The number of amides is 2. The number of halogens is 6. The molecule has 18 heteroatoms. The molecule has 0 radical (unpaired) electrons. The van der Waals surface area contributed by atoms with E-state index in [0.29, 0.717) is 13.1 Å². The van der Waals surface area contributed by atoms with Gasteiger partial charge < -0.3 is 29.9 Å². The number of pyridine rings is 4. The van der Waals surface area contributed by atoms with Crippen LogP contribution in [-0.4, -0.2) is 107 Å². The van der Waals surface area contributed by atoms with Crippen molar-refractivity contribution in [1.82, 2.24) is 40.4 Å². The molecular formula is C47H62F6N8O4. The summed E-state index contributed by atoms with van der Waals surface area (Å²) in [6, 6.07) is 11.9. The van der Waals surface area contributed by atoms with Crippen LogP contribution in [-0.2, 0) is 21.9 Å². The van der Waals surface area contributed by atoms with E-state index >= 15 is 0 Å². The zero-order valence-electron chi connectivity index (χ0n) is 37.5. The van der Waals surface area contributed by atoms with Crippen LogP contribution >= 0.6 is 0 Å². The van der Waals surface area contributed by atoms with Crippen LogP contribution in [0.1, 0.15) is 93.4 Å². The number of likely N-dealkylation sites (N-methyl/N-ethyl adjacent to an activating group) is 2. The Morgan fingerprint density at radius 1 is 0.615 bits per heavy atom. The molecule has 6 rings (SSSR count). The van der Waals surface area contributed by atoms with Crippen molar-refractivity contribution in [3.63, 3.8) is 0 Å². The molecule has 2 saturated heterocycles. The predicted octanol–water partition coefficient (Wildman–Crippen LogP) is 8.26. The summed E-state index contributed by atoms with van der Waals surface area (Å²) in [6.07, 6.45) is -1.69. The van der Waals surface area contributed by atoms with Crippen LogP contribution in [0.25, 0.3) is 0 Å². The SMILES string of the molecule is C.Cc1ncccc1[C@@H]1CNCC[C@H]1N(C)C(=O)C(C)(C)COc1ncccc1C(F)(F)F.Cc1ncccc1[C@H]1CNCC[C@@H]1N(C)C(=O)C(C)(C)COc1ncccc1C(F)(F)F. The molecule has 2 aliphatic heterocycles. The molecule has 0 saturated carbocycles. The summed E-state index contributed by atoms with van der Waals surface area (Å²) < 4.78 is 90.2. The summed E-state index contributed by atoms with van der Waals surface area (Å²) in [5.41, 5.74) is 0.00448. The average molecular weight is 917 g/mol. The molecule has 0 bridgehead atoms. The van der Waals surface area contributed by atoms with Gasteiger partial charge in [0.1, 0.15) is 24.3 Å². The number of hydrogen-bond acceptors (Lipinski definition) is 10. The number of carbonyl (C=O) groups is 2. The minimum Gasteiger partial charge on any atom is -0.476 e. The van der Waals surface area contributed by atoms with Gasteiger partial charge in [0.2, 0.25) is 23.6 Å². The lowest BCUT2D eigenvalue weighted by Crippen LogP contribution is -2.53. The molecule has 2 N–H and O–H groups in total. The maximum atomic E-state index is 13.4. The van der Waals surface area contributed by atoms with Gasteiger partial charge in [0.05, 0.1) is 10.8 Å². The van der Waals surface area contributed by atoms with Crippen molar-refractivity contribution in [3.8, 4) is 11.8 Å². The number of aryl methyl sites for hydroxylation is 2. The molecule has 12 nitrogen and oxygen atoms in total. The molecule has 0 unspecified atom stereocenters. The summed E-state index contributed by atoms with van der Waals surface area (Å²) in [5.74, 6) is -1.30. The molecular weight excluding hydrogens is 855 g/mol. The monoisotopic (exact) mass is 916 g/mol. The fraction of sp³-hybridized carbons (Fsp3) is 0.532. The van der Waals surface area contributed by atoms with Gasteiger partial charge in [-0.1, -0.05) is 19.6 Å². The molecule has 4 atom stereocenters. The lowest BCUT2D eigenvalue weighted by molar-refractivity contribution is -0.145. The van der Waals surface area contributed by atoms with Crippen molar-refractivity contribution in [2.75, 3.05) is 53.5 Å². The highest BCUT2D eigenvalue weighted by atomic mass is 19.4. The Balaban J connectivity index is 0.000000280. The van der Waals surface area contributed by atoms with Crippen molar-refractivity contribution in [1.29, 1.82) is 0 Å². The Morgan fingerprint density at radius 3 is 1.29 bits per heavy atom. The molecule has 65 heavy (non-hydrogen) atoms. The number of aromatic nitrogens is 4. The maximum absolute atomic E-state index is 13.4. The van der Waals surface area contributed by atoms with Crippen molar-refractivity contribution in [2.24, 2.45) is 10.8 Å². The summed E-state index contributed by atoms with van der Waals surface area (Å²) >= 11 is 0. The third-order valence-corrected chi connectivity index (χ3v) is 11.9. The van der Waals surface area contributed by atoms with E-state index in [1.54, 1.807) is 64.0 Å². The molecule has 4 aromatic heterocycles. The minimum atomic E-state index is -4.58. The molecule has 6 heterocycles.